The van der Waals surface area contributed by atoms with E-state index in [9.17, 15) is 0 Å². The molecule has 0 amide bonds. The third-order valence-electron chi connectivity index (χ3n) is 5.16. The highest BCUT2D eigenvalue weighted by molar-refractivity contribution is 6.62. The van der Waals surface area contributed by atoms with Crippen molar-refractivity contribution in [2.75, 3.05) is 7.11 Å². The number of hydrogen-bond donors (Lipinski definition) is 0. The maximum absolute atomic E-state index is 6.10. The number of methoxy groups -OCH3 is 1. The number of nitrogens with zero attached hydrogens (tertiary/aromatic N) is 2. The number of aryl methyl sites for hydroxylation is 1. The van der Waals surface area contributed by atoms with Crippen LogP contribution in [-0.2, 0) is 9.31 Å². The quantitative estimate of drug-likeness (QED) is 0.813. The molecule has 0 spiro atoms. The summed E-state index contributed by atoms with van der Waals surface area (Å²) in [5.74, 6) is 0.850. The van der Waals surface area contributed by atoms with Crippen molar-refractivity contribution < 1.29 is 14.0 Å². The van der Waals surface area contributed by atoms with Crippen LogP contribution in [-0.4, -0.2) is 35.2 Å². The van der Waals surface area contributed by atoms with Crippen LogP contribution in [0, 0.1) is 13.8 Å². The van der Waals surface area contributed by atoms with Crippen molar-refractivity contribution in [2.24, 2.45) is 0 Å². The second-order valence-corrected chi connectivity index (χ2v) is 7.36. The van der Waals surface area contributed by atoms with Crippen molar-refractivity contribution in [3.63, 3.8) is 0 Å². The molecule has 0 radical (unpaired) electrons. The molecule has 0 atom stereocenters. The fourth-order valence-electron chi connectivity index (χ4n) is 2.95. The molecule has 1 aliphatic rings. The van der Waals surface area contributed by atoms with Crippen molar-refractivity contribution in [3.8, 4) is 11.4 Å². The fraction of sp³-hybridized carbons (Fsp3) is 0.500. The lowest BCUT2D eigenvalue weighted by molar-refractivity contribution is 0.00578. The van der Waals surface area contributed by atoms with Gasteiger partial charge in [-0.2, -0.15) is 5.10 Å². The van der Waals surface area contributed by atoms with E-state index in [1.807, 2.05) is 57.6 Å². The first-order valence-corrected chi connectivity index (χ1v) is 8.21. The van der Waals surface area contributed by atoms with Gasteiger partial charge in [-0.25, -0.2) is 4.68 Å². The summed E-state index contributed by atoms with van der Waals surface area (Å²) in [6.45, 7) is 12.3. The van der Waals surface area contributed by atoms with Crippen LogP contribution in [0.1, 0.15) is 38.8 Å². The van der Waals surface area contributed by atoms with Crippen LogP contribution in [0.25, 0.3) is 5.69 Å². The number of ether oxygens (including phenoxy) is 1. The van der Waals surface area contributed by atoms with Gasteiger partial charge in [0, 0.05) is 23.4 Å². The van der Waals surface area contributed by atoms with Crippen molar-refractivity contribution in [2.45, 2.75) is 52.7 Å². The van der Waals surface area contributed by atoms with Gasteiger partial charge in [0.25, 0.3) is 0 Å². The average Bonchev–Trinajstić information content (AvgIpc) is 3.03. The fourth-order valence-corrected chi connectivity index (χ4v) is 2.95. The van der Waals surface area contributed by atoms with E-state index >= 15 is 0 Å². The first-order valence-electron chi connectivity index (χ1n) is 8.21. The first-order chi connectivity index (χ1) is 11.2. The van der Waals surface area contributed by atoms with E-state index in [4.69, 9.17) is 14.0 Å². The molecule has 1 saturated heterocycles. The molecule has 1 aliphatic heterocycles. The van der Waals surface area contributed by atoms with Crippen LogP contribution in [0.2, 0.25) is 0 Å². The van der Waals surface area contributed by atoms with Gasteiger partial charge < -0.3 is 14.0 Å². The predicted molar refractivity (Wildman–Crippen MR) is 95.3 cm³/mol. The van der Waals surface area contributed by atoms with E-state index in [1.54, 1.807) is 13.3 Å². The van der Waals surface area contributed by atoms with Gasteiger partial charge in [-0.1, -0.05) is 6.07 Å². The Kier molecular flexibility index (Phi) is 4.01. The molecular weight excluding hydrogens is 303 g/mol. The van der Waals surface area contributed by atoms with Gasteiger partial charge in [0.15, 0.2) is 0 Å². The van der Waals surface area contributed by atoms with Crippen molar-refractivity contribution in [1.82, 2.24) is 9.78 Å². The normalized spacial score (nSPS) is 18.9. The van der Waals surface area contributed by atoms with E-state index in [2.05, 4.69) is 12.0 Å². The third kappa shape index (κ3) is 2.64. The summed E-state index contributed by atoms with van der Waals surface area (Å²) in [4.78, 5) is 0. The molecule has 0 bridgehead atoms. The van der Waals surface area contributed by atoms with Crippen LogP contribution in [0.15, 0.2) is 24.5 Å². The summed E-state index contributed by atoms with van der Waals surface area (Å²) >= 11 is 0. The maximum Gasteiger partial charge on any atom is 0.498 e. The lowest BCUT2D eigenvalue weighted by atomic mass is 9.82. The number of aromatic nitrogens is 2. The lowest BCUT2D eigenvalue weighted by Crippen LogP contribution is -2.41. The highest BCUT2D eigenvalue weighted by atomic mass is 16.7. The third-order valence-corrected chi connectivity index (χ3v) is 5.16. The molecule has 2 aromatic rings. The molecule has 3 rings (SSSR count). The molecule has 1 fully saturated rings. The highest BCUT2D eigenvalue weighted by Crippen LogP contribution is 2.36. The summed E-state index contributed by atoms with van der Waals surface area (Å²) in [7, 11) is 1.27. The average molecular weight is 328 g/mol. The maximum atomic E-state index is 6.10. The number of rotatable bonds is 3. The summed E-state index contributed by atoms with van der Waals surface area (Å²) in [6.07, 6.45) is 3.78. The van der Waals surface area contributed by atoms with Crippen LogP contribution < -0.4 is 10.2 Å². The SMILES string of the molecule is COc1ccc(C)c(-n2cc(B3OC(C)(C)C(C)(C)O3)cn2)c1C. The number of benzene rings is 1. The predicted octanol–water partition coefficient (Wildman–Crippen LogP) is 2.80. The smallest absolute Gasteiger partial charge is 0.496 e. The summed E-state index contributed by atoms with van der Waals surface area (Å²) in [6, 6.07) is 4.02. The molecule has 0 unspecified atom stereocenters. The van der Waals surface area contributed by atoms with Crippen molar-refractivity contribution in [1.29, 1.82) is 0 Å². The Hall–Kier alpha value is -1.79. The summed E-state index contributed by atoms with van der Waals surface area (Å²) in [5.41, 5.74) is 3.41. The molecule has 2 heterocycles. The second kappa shape index (κ2) is 5.64. The highest BCUT2D eigenvalue weighted by Gasteiger charge is 2.52. The molecule has 0 N–H and O–H groups in total. The van der Waals surface area contributed by atoms with Gasteiger partial charge in [-0.15, -0.1) is 0 Å². The minimum absolute atomic E-state index is 0.360. The van der Waals surface area contributed by atoms with Gasteiger partial charge >= 0.3 is 7.12 Å². The van der Waals surface area contributed by atoms with E-state index in [0.29, 0.717) is 0 Å². The van der Waals surface area contributed by atoms with Crippen LogP contribution in [0.3, 0.4) is 0 Å². The van der Waals surface area contributed by atoms with Gasteiger partial charge in [0.2, 0.25) is 0 Å². The van der Waals surface area contributed by atoms with Crippen LogP contribution >= 0.6 is 0 Å². The minimum atomic E-state index is -0.407. The zero-order chi connectivity index (χ0) is 17.7. The Bertz CT molecular complexity index is 752. The van der Waals surface area contributed by atoms with Crippen molar-refractivity contribution >= 4 is 12.6 Å². The van der Waals surface area contributed by atoms with Gasteiger partial charge in [0.05, 0.1) is 24.0 Å². The summed E-state index contributed by atoms with van der Waals surface area (Å²) in [5, 5.41) is 4.52. The molecule has 1 aromatic heterocycles. The Labute approximate surface area is 144 Å². The molecular formula is C18H25BN2O3. The lowest BCUT2D eigenvalue weighted by Gasteiger charge is -2.32. The second-order valence-electron chi connectivity index (χ2n) is 7.36. The van der Waals surface area contributed by atoms with E-state index in [1.165, 1.54) is 0 Å². The van der Waals surface area contributed by atoms with E-state index in [-0.39, 0.29) is 11.2 Å². The van der Waals surface area contributed by atoms with Gasteiger partial charge in [0.1, 0.15) is 5.75 Å². The standard InChI is InChI=1S/C18H25BN2O3/c1-12-8-9-15(22-7)13(2)16(12)21-11-14(10-20-21)19-23-17(3,4)18(5,6)24-19/h8-11H,1-7H3. The van der Waals surface area contributed by atoms with Crippen LogP contribution in [0.4, 0.5) is 0 Å². The molecule has 128 valence electrons. The Morgan fingerprint density at radius 1 is 1.08 bits per heavy atom. The molecule has 1 aromatic carbocycles. The van der Waals surface area contributed by atoms with Gasteiger partial charge in [-0.3, -0.25) is 0 Å². The molecule has 0 saturated carbocycles. The molecule has 6 heteroatoms. The monoisotopic (exact) mass is 328 g/mol. The van der Waals surface area contributed by atoms with Crippen molar-refractivity contribution in [3.05, 3.63) is 35.7 Å². The topological polar surface area (TPSA) is 45.5 Å². The number of hydrogen-bond acceptors (Lipinski definition) is 4. The molecule has 24 heavy (non-hydrogen) atoms. The molecule has 5 nitrogen and oxygen atoms in total. The zero-order valence-corrected chi connectivity index (χ0v) is 15.5. The largest absolute Gasteiger partial charge is 0.498 e. The Morgan fingerprint density at radius 3 is 2.29 bits per heavy atom. The summed E-state index contributed by atoms with van der Waals surface area (Å²) < 4.78 is 19.5. The van der Waals surface area contributed by atoms with E-state index in [0.717, 1.165) is 28.0 Å². The minimum Gasteiger partial charge on any atom is -0.496 e. The Balaban J connectivity index is 1.96. The molecule has 0 aliphatic carbocycles. The van der Waals surface area contributed by atoms with E-state index < -0.39 is 7.12 Å². The van der Waals surface area contributed by atoms with Crippen LogP contribution in [0.5, 0.6) is 5.75 Å². The first kappa shape index (κ1) is 17.1. The Morgan fingerprint density at radius 2 is 1.71 bits per heavy atom. The van der Waals surface area contributed by atoms with Gasteiger partial charge in [-0.05, 0) is 53.2 Å². The zero-order valence-electron chi connectivity index (χ0n) is 15.5.